The third-order valence-corrected chi connectivity index (χ3v) is 17.9. The van der Waals surface area contributed by atoms with Gasteiger partial charge in [0.2, 0.25) is 0 Å². The van der Waals surface area contributed by atoms with Crippen LogP contribution in [0.3, 0.4) is 0 Å². The maximum Gasteiger partial charge on any atom is 0.252 e. The Balaban J connectivity index is 1.02. The number of fused-ring (bicyclic) bond motifs is 10. The molecule has 0 spiro atoms. The van der Waals surface area contributed by atoms with Crippen molar-refractivity contribution < 1.29 is 4.42 Å². The van der Waals surface area contributed by atoms with Crippen LogP contribution in [0.25, 0.3) is 55.3 Å². The van der Waals surface area contributed by atoms with Crippen molar-refractivity contribution in [2.24, 2.45) is 0 Å². The molecule has 5 heteroatoms. The van der Waals surface area contributed by atoms with E-state index >= 15 is 0 Å². The van der Waals surface area contributed by atoms with Crippen molar-refractivity contribution in [1.82, 2.24) is 0 Å². The van der Waals surface area contributed by atoms with E-state index in [9.17, 15) is 0 Å². The highest BCUT2D eigenvalue weighted by Crippen LogP contribution is 2.53. The minimum absolute atomic E-state index is 0.0862. The molecule has 0 saturated carbocycles. The number of furan rings is 1. The summed E-state index contributed by atoms with van der Waals surface area (Å²) in [5, 5.41) is 2.20. The standard InChI is InChI=1S/C76H62BN3O/c1-47-40-70-73-71(41-47)80(65-28-19-26-60-59-25-16-18-29-72(59)81-74(60)65)69-46-56(78(66-42-52(32-30-48(66)2)50-20-11-9-12-21-50)67-43-53(33-31-49(67)3)51-22-13-10-14-23-51)36-39-64(69)77(73)63-38-34-54(75(4,5)6)44-68(63)79(70)55-35-37-58-57-24-15-17-27-61(57)76(7,8)62(58)45-55/h9-46H,1-8H3. The molecule has 0 fully saturated rings. The molecular weight excluding hydrogens is 982 g/mol. The molecule has 0 bridgehead atoms. The number of aryl methyl sites for hydroxylation is 3. The van der Waals surface area contributed by atoms with Crippen LogP contribution >= 0.6 is 0 Å². The van der Waals surface area contributed by atoms with Gasteiger partial charge in [0, 0.05) is 61.7 Å². The van der Waals surface area contributed by atoms with Crippen molar-refractivity contribution in [2.75, 3.05) is 14.7 Å². The summed E-state index contributed by atoms with van der Waals surface area (Å²) in [6.07, 6.45) is 0. The van der Waals surface area contributed by atoms with E-state index in [-0.39, 0.29) is 17.5 Å². The molecule has 0 unspecified atom stereocenters. The van der Waals surface area contributed by atoms with Gasteiger partial charge in [0.05, 0.1) is 5.69 Å². The van der Waals surface area contributed by atoms with Crippen molar-refractivity contribution >= 4 is 96.2 Å². The lowest BCUT2D eigenvalue weighted by atomic mass is 9.33. The van der Waals surface area contributed by atoms with Crippen LogP contribution in [0.15, 0.2) is 235 Å². The van der Waals surface area contributed by atoms with Gasteiger partial charge in [-0.1, -0.05) is 198 Å². The zero-order chi connectivity index (χ0) is 55.1. The molecule has 3 heterocycles. The monoisotopic (exact) mass is 1040 g/mol. The minimum Gasteiger partial charge on any atom is -0.454 e. The zero-order valence-corrected chi connectivity index (χ0v) is 47.3. The quantitative estimate of drug-likeness (QED) is 0.148. The van der Waals surface area contributed by atoms with Gasteiger partial charge in [-0.25, -0.2) is 0 Å². The van der Waals surface area contributed by atoms with Crippen LogP contribution in [0.5, 0.6) is 0 Å². The minimum atomic E-state index is -0.169. The molecule has 1 aromatic heterocycles. The van der Waals surface area contributed by atoms with Gasteiger partial charge in [-0.3, -0.25) is 0 Å². The van der Waals surface area contributed by atoms with Crippen LogP contribution in [0.4, 0.5) is 51.2 Å². The van der Waals surface area contributed by atoms with E-state index in [0.29, 0.717) is 0 Å². The number of rotatable bonds is 7. The maximum absolute atomic E-state index is 7.07. The topological polar surface area (TPSA) is 22.9 Å². The van der Waals surface area contributed by atoms with E-state index in [4.69, 9.17) is 4.42 Å². The van der Waals surface area contributed by atoms with Gasteiger partial charge in [0.1, 0.15) is 5.58 Å². The summed E-state index contributed by atoms with van der Waals surface area (Å²) >= 11 is 0. The van der Waals surface area contributed by atoms with Crippen LogP contribution in [-0.4, -0.2) is 6.71 Å². The highest BCUT2D eigenvalue weighted by molar-refractivity contribution is 7.00. The molecular formula is C76H62BN3O. The smallest absolute Gasteiger partial charge is 0.252 e. The Labute approximate surface area is 476 Å². The second-order valence-corrected chi connectivity index (χ2v) is 24.3. The number of nitrogens with zero attached hydrogens (tertiary/aromatic N) is 3. The van der Waals surface area contributed by atoms with E-state index in [1.807, 2.05) is 0 Å². The van der Waals surface area contributed by atoms with Crippen LogP contribution in [-0.2, 0) is 10.8 Å². The summed E-state index contributed by atoms with van der Waals surface area (Å²) < 4.78 is 7.07. The number of benzene rings is 11. The Morgan fingerprint density at radius 1 is 0.444 bits per heavy atom. The van der Waals surface area contributed by atoms with E-state index in [1.54, 1.807) is 0 Å². The van der Waals surface area contributed by atoms with Gasteiger partial charge in [-0.15, -0.1) is 0 Å². The van der Waals surface area contributed by atoms with Crippen LogP contribution in [0.1, 0.15) is 68.0 Å². The van der Waals surface area contributed by atoms with Crippen molar-refractivity contribution in [2.45, 2.75) is 66.2 Å². The fourth-order valence-electron chi connectivity index (χ4n) is 13.7. The molecule has 0 radical (unpaired) electrons. The number of para-hydroxylation sites is 2. The highest BCUT2D eigenvalue weighted by Gasteiger charge is 2.45. The molecule has 15 rings (SSSR count). The van der Waals surface area contributed by atoms with Gasteiger partial charge in [0.25, 0.3) is 6.71 Å². The first-order valence-corrected chi connectivity index (χ1v) is 28.6. The first-order valence-electron chi connectivity index (χ1n) is 28.6. The first kappa shape index (κ1) is 48.8. The van der Waals surface area contributed by atoms with Gasteiger partial charge in [-0.2, -0.15) is 0 Å². The van der Waals surface area contributed by atoms with E-state index in [1.165, 1.54) is 94.5 Å². The Morgan fingerprint density at radius 2 is 1.04 bits per heavy atom. The predicted molar refractivity (Wildman–Crippen MR) is 344 cm³/mol. The number of hydrogen-bond donors (Lipinski definition) is 0. The molecule has 4 nitrogen and oxygen atoms in total. The maximum atomic E-state index is 7.07. The Kier molecular flexibility index (Phi) is 10.9. The SMILES string of the molecule is Cc1cc2c3c(c1)N(c1cccc4c1oc1ccccc14)c1cc(N(c4cc(-c5ccccc5)ccc4C)c4cc(-c5ccccc5)ccc4C)ccc1B3c1ccc(C(C)(C)C)cc1N2c1ccc2c(c1)C(C)(C)c1ccccc1-2. The molecule has 11 aromatic carbocycles. The van der Waals surface area contributed by atoms with E-state index in [2.05, 4.69) is 301 Å². The van der Waals surface area contributed by atoms with Gasteiger partial charge in [0.15, 0.2) is 5.58 Å². The fourth-order valence-corrected chi connectivity index (χ4v) is 13.7. The lowest BCUT2D eigenvalue weighted by Gasteiger charge is -2.45. The molecule has 3 aliphatic rings. The fraction of sp³-hybridized carbons (Fsp3) is 0.132. The third-order valence-electron chi connectivity index (χ3n) is 17.9. The molecule has 0 N–H and O–H groups in total. The number of anilines is 9. The highest BCUT2D eigenvalue weighted by atomic mass is 16.3. The normalized spacial score (nSPS) is 13.7. The summed E-state index contributed by atoms with van der Waals surface area (Å²) in [6.45, 7) is 18.5. The molecule has 1 aliphatic carbocycles. The van der Waals surface area contributed by atoms with Gasteiger partial charge >= 0.3 is 0 Å². The molecule has 390 valence electrons. The molecule has 0 saturated heterocycles. The second-order valence-electron chi connectivity index (χ2n) is 24.3. The second kappa shape index (κ2) is 18.1. The van der Waals surface area contributed by atoms with Crippen LogP contribution in [0, 0.1) is 20.8 Å². The predicted octanol–water partition coefficient (Wildman–Crippen LogP) is 19.0. The van der Waals surface area contributed by atoms with Crippen molar-refractivity contribution in [3.63, 3.8) is 0 Å². The number of hydrogen-bond acceptors (Lipinski definition) is 4. The lowest BCUT2D eigenvalue weighted by Crippen LogP contribution is -2.61. The average Bonchev–Trinajstić information content (AvgIpc) is 3.07. The molecule has 0 amide bonds. The van der Waals surface area contributed by atoms with Gasteiger partial charge in [-0.05, 0) is 176 Å². The first-order chi connectivity index (χ1) is 39.3. The third kappa shape index (κ3) is 7.58. The van der Waals surface area contributed by atoms with Crippen LogP contribution in [0.2, 0.25) is 0 Å². The summed E-state index contributed by atoms with van der Waals surface area (Å²) in [7, 11) is 0. The summed E-state index contributed by atoms with van der Waals surface area (Å²) in [5.74, 6) is 0. The summed E-state index contributed by atoms with van der Waals surface area (Å²) in [4.78, 5) is 7.65. The lowest BCUT2D eigenvalue weighted by molar-refractivity contribution is 0.590. The van der Waals surface area contributed by atoms with Crippen molar-refractivity contribution in [1.29, 1.82) is 0 Å². The summed E-state index contributed by atoms with van der Waals surface area (Å²) in [6, 6.07) is 86.3. The van der Waals surface area contributed by atoms with Crippen molar-refractivity contribution in [3.8, 4) is 33.4 Å². The Bertz CT molecular complexity index is 4460. The summed E-state index contributed by atoms with van der Waals surface area (Å²) in [5.41, 5.74) is 30.4. The van der Waals surface area contributed by atoms with E-state index in [0.717, 1.165) is 61.8 Å². The molecule has 0 atom stereocenters. The van der Waals surface area contributed by atoms with Gasteiger partial charge < -0.3 is 19.1 Å². The molecule has 2 aliphatic heterocycles. The zero-order valence-electron chi connectivity index (χ0n) is 47.3. The van der Waals surface area contributed by atoms with E-state index < -0.39 is 0 Å². The Hall–Kier alpha value is -9.32. The largest absolute Gasteiger partial charge is 0.454 e. The average molecular weight is 1040 g/mol. The van der Waals surface area contributed by atoms with Crippen molar-refractivity contribution in [3.05, 3.63) is 264 Å². The Morgan fingerprint density at radius 3 is 1.73 bits per heavy atom. The molecule has 81 heavy (non-hydrogen) atoms. The van der Waals surface area contributed by atoms with Crippen LogP contribution < -0.4 is 31.1 Å². The molecule has 12 aromatic rings.